The minimum Gasteiger partial charge on any atom is -0.481 e. The van der Waals surface area contributed by atoms with Gasteiger partial charge in [0.05, 0.1) is 28.7 Å². The molecule has 0 fully saturated rings. The van der Waals surface area contributed by atoms with E-state index in [1.807, 2.05) is 22.6 Å². The molecule has 0 bridgehead atoms. The van der Waals surface area contributed by atoms with Crippen LogP contribution >= 0.6 is 22.6 Å². The lowest BCUT2D eigenvalue weighted by Crippen LogP contribution is -2.23. The summed E-state index contributed by atoms with van der Waals surface area (Å²) in [5, 5.41) is 21.2. The number of nitrogens with zero attached hydrogens (tertiary/aromatic N) is 2. The van der Waals surface area contributed by atoms with E-state index in [0.29, 0.717) is 0 Å². The van der Waals surface area contributed by atoms with Gasteiger partial charge in [0.2, 0.25) is 0 Å². The summed E-state index contributed by atoms with van der Waals surface area (Å²) < 4.78 is 2.32. The fourth-order valence-electron chi connectivity index (χ4n) is 1.10. The molecule has 2 N–H and O–H groups in total. The van der Waals surface area contributed by atoms with Gasteiger partial charge in [0.1, 0.15) is 0 Å². The Morgan fingerprint density at radius 3 is 2.60 bits per heavy atom. The van der Waals surface area contributed by atoms with E-state index < -0.39 is 24.3 Å². The zero-order valence-electron chi connectivity index (χ0n) is 7.63. The molecule has 0 saturated heterocycles. The van der Waals surface area contributed by atoms with Gasteiger partial charge in [-0.2, -0.15) is 5.10 Å². The number of rotatable bonds is 5. The van der Waals surface area contributed by atoms with E-state index in [2.05, 4.69) is 5.10 Å². The summed E-state index contributed by atoms with van der Waals surface area (Å²) in [6.07, 6.45) is 2.85. The van der Waals surface area contributed by atoms with Crippen molar-refractivity contribution in [1.82, 2.24) is 9.78 Å². The van der Waals surface area contributed by atoms with E-state index in [9.17, 15) is 9.59 Å². The molecule has 82 valence electrons. The van der Waals surface area contributed by atoms with Gasteiger partial charge >= 0.3 is 11.9 Å². The summed E-state index contributed by atoms with van der Waals surface area (Å²) in [6, 6.07) is 0. The predicted octanol–water partition coefficient (Wildman–Crippen LogP) is 0.663. The van der Waals surface area contributed by atoms with Crippen molar-refractivity contribution in [2.24, 2.45) is 5.92 Å². The third kappa shape index (κ3) is 3.86. The van der Waals surface area contributed by atoms with Gasteiger partial charge in [-0.05, 0) is 22.6 Å². The Morgan fingerprint density at radius 1 is 1.53 bits per heavy atom. The Morgan fingerprint density at radius 2 is 2.20 bits per heavy atom. The lowest BCUT2D eigenvalue weighted by Gasteiger charge is -2.09. The summed E-state index contributed by atoms with van der Waals surface area (Å²) in [7, 11) is 0. The minimum absolute atomic E-state index is 0.0740. The van der Waals surface area contributed by atoms with E-state index in [0.717, 1.165) is 3.57 Å². The van der Waals surface area contributed by atoms with E-state index in [1.54, 1.807) is 12.4 Å². The molecule has 1 heterocycles. The van der Waals surface area contributed by atoms with Crippen LogP contribution in [0.1, 0.15) is 6.42 Å². The van der Waals surface area contributed by atoms with E-state index >= 15 is 0 Å². The number of carbonyl (C=O) groups is 2. The Bertz CT molecular complexity index is 376. The fraction of sp³-hybridized carbons (Fsp3) is 0.375. The molecule has 0 radical (unpaired) electrons. The molecule has 15 heavy (non-hydrogen) atoms. The van der Waals surface area contributed by atoms with Crippen LogP contribution in [0.2, 0.25) is 0 Å². The van der Waals surface area contributed by atoms with E-state index in [1.165, 1.54) is 4.68 Å². The van der Waals surface area contributed by atoms with Gasteiger partial charge in [-0.1, -0.05) is 0 Å². The average molecular weight is 324 g/mol. The van der Waals surface area contributed by atoms with Crippen molar-refractivity contribution < 1.29 is 19.8 Å². The first-order chi connectivity index (χ1) is 6.99. The molecule has 0 spiro atoms. The number of carboxylic acids is 2. The summed E-state index contributed by atoms with van der Waals surface area (Å²) in [5.41, 5.74) is 0. The Balaban J connectivity index is 2.66. The van der Waals surface area contributed by atoms with Crippen LogP contribution in [0.15, 0.2) is 12.4 Å². The quantitative estimate of drug-likeness (QED) is 0.777. The number of carboxylic acid groups (broad SMARTS) is 2. The standard InChI is InChI=1S/C8H9IN2O4/c9-6-2-10-11(4-6)3-5(8(14)15)1-7(12)13/h2,4-5H,1,3H2,(H,12,13)(H,14,15). The highest BCUT2D eigenvalue weighted by Gasteiger charge is 2.21. The first kappa shape index (κ1) is 12.0. The van der Waals surface area contributed by atoms with Crippen LogP contribution in [0.25, 0.3) is 0 Å². The van der Waals surface area contributed by atoms with Gasteiger partial charge in [-0.25, -0.2) is 0 Å². The number of halogens is 1. The maximum Gasteiger partial charge on any atom is 0.308 e. The van der Waals surface area contributed by atoms with Crippen molar-refractivity contribution in [3.05, 3.63) is 16.0 Å². The predicted molar refractivity (Wildman–Crippen MR) is 58.3 cm³/mol. The molecule has 1 aromatic heterocycles. The zero-order chi connectivity index (χ0) is 11.4. The molecule has 0 aliphatic heterocycles. The summed E-state index contributed by atoms with van der Waals surface area (Å²) in [4.78, 5) is 21.2. The molecule has 6 nitrogen and oxygen atoms in total. The molecule has 0 aliphatic rings. The molecule has 1 rings (SSSR count). The van der Waals surface area contributed by atoms with Crippen LogP contribution in [0, 0.1) is 9.49 Å². The van der Waals surface area contributed by atoms with Gasteiger partial charge < -0.3 is 10.2 Å². The summed E-state index contributed by atoms with van der Waals surface area (Å²) in [5.74, 6) is -3.19. The highest BCUT2D eigenvalue weighted by atomic mass is 127. The third-order valence-corrected chi connectivity index (χ3v) is 2.34. The van der Waals surface area contributed by atoms with Crippen molar-refractivity contribution >= 4 is 34.5 Å². The Labute approximate surface area is 99.0 Å². The highest BCUT2D eigenvalue weighted by molar-refractivity contribution is 14.1. The topological polar surface area (TPSA) is 92.4 Å². The van der Waals surface area contributed by atoms with Gasteiger partial charge in [-0.3, -0.25) is 14.3 Å². The van der Waals surface area contributed by atoms with Crippen molar-refractivity contribution in [3.8, 4) is 0 Å². The second-order valence-electron chi connectivity index (χ2n) is 3.01. The van der Waals surface area contributed by atoms with Gasteiger partial charge in [0, 0.05) is 6.20 Å². The van der Waals surface area contributed by atoms with Crippen LogP contribution in [0.5, 0.6) is 0 Å². The SMILES string of the molecule is O=C(O)CC(Cn1cc(I)cn1)C(=O)O. The molecular weight excluding hydrogens is 315 g/mol. The first-order valence-electron chi connectivity index (χ1n) is 4.11. The van der Waals surface area contributed by atoms with Gasteiger partial charge in [-0.15, -0.1) is 0 Å². The van der Waals surface area contributed by atoms with Crippen LogP contribution < -0.4 is 0 Å². The van der Waals surface area contributed by atoms with Crippen LogP contribution in [0.3, 0.4) is 0 Å². The smallest absolute Gasteiger partial charge is 0.308 e. The molecule has 0 saturated carbocycles. The van der Waals surface area contributed by atoms with Crippen molar-refractivity contribution in [3.63, 3.8) is 0 Å². The molecular formula is C8H9IN2O4. The molecule has 7 heteroatoms. The monoisotopic (exact) mass is 324 g/mol. The number of hydrogen-bond donors (Lipinski definition) is 2. The van der Waals surface area contributed by atoms with Crippen LogP contribution in [-0.2, 0) is 16.1 Å². The molecule has 0 aromatic carbocycles. The Kier molecular flexibility index (Phi) is 4.06. The average Bonchev–Trinajstić information content (AvgIpc) is 2.49. The fourth-order valence-corrected chi connectivity index (χ4v) is 1.55. The first-order valence-corrected chi connectivity index (χ1v) is 5.19. The van der Waals surface area contributed by atoms with Crippen molar-refractivity contribution in [2.45, 2.75) is 13.0 Å². The molecule has 1 aromatic rings. The molecule has 0 aliphatic carbocycles. The maximum atomic E-state index is 10.7. The maximum absolute atomic E-state index is 10.7. The van der Waals surface area contributed by atoms with Gasteiger partial charge in [0.25, 0.3) is 0 Å². The zero-order valence-corrected chi connectivity index (χ0v) is 9.79. The van der Waals surface area contributed by atoms with E-state index in [4.69, 9.17) is 10.2 Å². The largest absolute Gasteiger partial charge is 0.481 e. The normalized spacial score (nSPS) is 12.3. The van der Waals surface area contributed by atoms with Crippen molar-refractivity contribution in [1.29, 1.82) is 0 Å². The summed E-state index contributed by atoms with van der Waals surface area (Å²) >= 11 is 2.04. The lowest BCUT2D eigenvalue weighted by molar-refractivity contribution is -0.148. The van der Waals surface area contributed by atoms with Gasteiger partial charge in [0.15, 0.2) is 0 Å². The minimum atomic E-state index is -1.12. The third-order valence-electron chi connectivity index (χ3n) is 1.78. The number of hydrogen-bond acceptors (Lipinski definition) is 3. The second kappa shape index (κ2) is 5.10. The summed E-state index contributed by atoms with van der Waals surface area (Å²) in [6.45, 7) is 0.0740. The molecule has 1 atom stereocenters. The number of aliphatic carboxylic acids is 2. The highest BCUT2D eigenvalue weighted by Crippen LogP contribution is 2.09. The van der Waals surface area contributed by atoms with Crippen LogP contribution in [-0.4, -0.2) is 31.9 Å². The number of aromatic nitrogens is 2. The lowest BCUT2D eigenvalue weighted by atomic mass is 10.1. The Hall–Kier alpha value is -1.12. The van der Waals surface area contributed by atoms with Crippen molar-refractivity contribution in [2.75, 3.05) is 0 Å². The van der Waals surface area contributed by atoms with Crippen LogP contribution in [0.4, 0.5) is 0 Å². The van der Waals surface area contributed by atoms with E-state index in [-0.39, 0.29) is 6.54 Å². The molecule has 0 amide bonds. The second-order valence-corrected chi connectivity index (χ2v) is 4.26. The molecule has 1 unspecified atom stereocenters.